The zero-order chi connectivity index (χ0) is 25.8. The molecule has 1 heterocycles. The van der Waals surface area contributed by atoms with Gasteiger partial charge in [0, 0.05) is 35.3 Å². The molecule has 184 valence electrons. The molecule has 1 saturated heterocycles. The van der Waals surface area contributed by atoms with Gasteiger partial charge in [0.25, 0.3) is 0 Å². The molecule has 2 aromatic carbocycles. The van der Waals surface area contributed by atoms with Crippen molar-refractivity contribution in [2.45, 2.75) is 52.2 Å². The number of para-hydroxylation sites is 1. The number of amides is 1. The largest absolute Gasteiger partial charge is 0.506 e. The molecule has 1 fully saturated rings. The molecule has 0 spiro atoms. The van der Waals surface area contributed by atoms with Gasteiger partial charge < -0.3 is 20.1 Å². The van der Waals surface area contributed by atoms with E-state index in [9.17, 15) is 15.2 Å². The minimum Gasteiger partial charge on any atom is -0.506 e. The molecule has 3 rings (SSSR count). The summed E-state index contributed by atoms with van der Waals surface area (Å²) >= 11 is 6.60. The Morgan fingerprint density at radius 1 is 1.29 bits per heavy atom. The number of hydrogen-bond acceptors (Lipinski definition) is 6. The van der Waals surface area contributed by atoms with Crippen molar-refractivity contribution in [2.75, 3.05) is 13.1 Å². The van der Waals surface area contributed by atoms with Crippen molar-refractivity contribution >= 4 is 35.8 Å². The Morgan fingerprint density at radius 3 is 2.54 bits per heavy atom. The number of likely N-dealkylation sites (tertiary alicyclic amines) is 1. The van der Waals surface area contributed by atoms with Gasteiger partial charge in [0.05, 0.1) is 16.9 Å². The van der Waals surface area contributed by atoms with Gasteiger partial charge in [-0.15, -0.1) is 0 Å². The number of aromatic hydroxyl groups is 1. The highest BCUT2D eigenvalue weighted by atomic mass is 35.5. The van der Waals surface area contributed by atoms with Crippen LogP contribution in [0.4, 0.5) is 10.5 Å². The maximum atomic E-state index is 12.2. The van der Waals surface area contributed by atoms with E-state index in [1.54, 1.807) is 18.2 Å². The second kappa shape index (κ2) is 10.8. The van der Waals surface area contributed by atoms with E-state index in [1.807, 2.05) is 52.0 Å². The summed E-state index contributed by atoms with van der Waals surface area (Å²) in [6, 6.07) is 12.7. The van der Waals surface area contributed by atoms with Crippen molar-refractivity contribution in [3.8, 4) is 22.9 Å². The number of hydrogen-bond donors (Lipinski definition) is 2. The summed E-state index contributed by atoms with van der Waals surface area (Å²) < 4.78 is 5.38. The Morgan fingerprint density at radius 2 is 1.97 bits per heavy atom. The van der Waals surface area contributed by atoms with Crippen LogP contribution in [0, 0.1) is 11.3 Å². The van der Waals surface area contributed by atoms with Crippen molar-refractivity contribution in [1.82, 2.24) is 10.2 Å². The molecule has 8 heteroatoms. The highest BCUT2D eigenvalue weighted by molar-refractivity contribution is 6.32. The SMILES string of the molecule is C=Nc1ccc(-c2cccc(C#N)c2O)cc1/C(=C(\C)Cl)N1CCC(NC(=O)OC(C)(C)C)CC1. The number of nitrogens with one attached hydrogen (secondary N) is 1. The normalized spacial score (nSPS) is 15.1. The maximum absolute atomic E-state index is 12.2. The highest BCUT2D eigenvalue weighted by Gasteiger charge is 2.27. The summed E-state index contributed by atoms with van der Waals surface area (Å²) in [7, 11) is 0. The number of nitrogens with zero attached hydrogens (tertiary/aromatic N) is 3. The van der Waals surface area contributed by atoms with E-state index in [4.69, 9.17) is 16.3 Å². The molecular weight excluding hydrogens is 464 g/mol. The van der Waals surface area contributed by atoms with Gasteiger partial charge in [-0.05, 0) is 71.0 Å². The lowest BCUT2D eigenvalue weighted by molar-refractivity contribution is 0.0487. The fourth-order valence-electron chi connectivity index (χ4n) is 4.19. The van der Waals surface area contributed by atoms with Gasteiger partial charge in [-0.25, -0.2) is 4.79 Å². The molecule has 0 radical (unpaired) electrons. The number of phenols is 1. The number of allylic oxidation sites excluding steroid dienone is 1. The van der Waals surface area contributed by atoms with Crippen LogP contribution in [0.5, 0.6) is 5.75 Å². The van der Waals surface area contributed by atoms with E-state index < -0.39 is 11.7 Å². The highest BCUT2D eigenvalue weighted by Crippen LogP contribution is 2.39. The van der Waals surface area contributed by atoms with Crippen molar-refractivity contribution in [2.24, 2.45) is 4.99 Å². The quantitative estimate of drug-likeness (QED) is 0.483. The second-order valence-corrected chi connectivity index (χ2v) is 10.1. The summed E-state index contributed by atoms with van der Waals surface area (Å²) in [6.07, 6.45) is 1.05. The van der Waals surface area contributed by atoms with Crippen molar-refractivity contribution in [3.05, 3.63) is 52.6 Å². The number of halogens is 1. The summed E-state index contributed by atoms with van der Waals surface area (Å²) in [5.41, 5.74) is 3.21. The molecule has 0 aliphatic carbocycles. The molecule has 0 bridgehead atoms. The fourth-order valence-corrected chi connectivity index (χ4v) is 4.41. The summed E-state index contributed by atoms with van der Waals surface area (Å²) in [5, 5.41) is 23.4. The molecule has 0 unspecified atom stereocenters. The van der Waals surface area contributed by atoms with Crippen LogP contribution in [-0.4, -0.2) is 47.5 Å². The number of piperidine rings is 1. The Balaban J connectivity index is 1.87. The van der Waals surface area contributed by atoms with Gasteiger partial charge in [0.15, 0.2) is 0 Å². The lowest BCUT2D eigenvalue weighted by Gasteiger charge is -2.36. The average molecular weight is 495 g/mol. The first kappa shape index (κ1) is 26.1. The molecule has 1 amide bonds. The molecule has 0 saturated carbocycles. The molecule has 2 N–H and O–H groups in total. The standard InChI is InChI=1S/C27H31ClN4O3/c1-17(28)24(32-13-11-20(12-14-32)31-26(34)35-27(2,3)4)22-15-18(9-10-23(22)30-5)21-8-6-7-19(16-29)25(21)33/h6-10,15,20,33H,5,11-14H2,1-4H3,(H,31,34)/b24-17-. The van der Waals surface area contributed by atoms with E-state index in [0.29, 0.717) is 29.4 Å². The van der Waals surface area contributed by atoms with Gasteiger partial charge in [-0.1, -0.05) is 29.8 Å². The van der Waals surface area contributed by atoms with Crippen molar-refractivity contribution < 1.29 is 14.6 Å². The average Bonchev–Trinajstić information content (AvgIpc) is 2.79. The van der Waals surface area contributed by atoms with Crippen molar-refractivity contribution in [1.29, 1.82) is 5.26 Å². The number of ether oxygens (including phenoxy) is 1. The van der Waals surface area contributed by atoms with Crippen LogP contribution in [0.1, 0.15) is 51.7 Å². The Bertz CT molecular complexity index is 1180. The number of rotatable bonds is 5. The molecule has 7 nitrogen and oxygen atoms in total. The molecule has 35 heavy (non-hydrogen) atoms. The first-order valence-corrected chi connectivity index (χ1v) is 11.9. The maximum Gasteiger partial charge on any atom is 0.407 e. The number of nitriles is 1. The lowest BCUT2D eigenvalue weighted by atomic mass is 9.96. The van der Waals surface area contributed by atoms with Crippen LogP contribution in [-0.2, 0) is 4.74 Å². The van der Waals surface area contributed by atoms with Crippen LogP contribution in [0.15, 0.2) is 46.4 Å². The third-order valence-corrected chi connectivity index (χ3v) is 5.93. The molecule has 0 atom stereocenters. The van der Waals surface area contributed by atoms with Crippen LogP contribution >= 0.6 is 11.6 Å². The topological polar surface area (TPSA) is 98.0 Å². The van der Waals surface area contributed by atoms with Gasteiger partial charge in [0.2, 0.25) is 0 Å². The first-order valence-electron chi connectivity index (χ1n) is 11.5. The third kappa shape index (κ3) is 6.34. The second-order valence-electron chi connectivity index (χ2n) is 9.49. The van der Waals surface area contributed by atoms with Gasteiger partial charge in [-0.3, -0.25) is 4.99 Å². The van der Waals surface area contributed by atoms with Gasteiger partial charge in [-0.2, -0.15) is 5.26 Å². The zero-order valence-corrected chi connectivity index (χ0v) is 21.3. The summed E-state index contributed by atoms with van der Waals surface area (Å²) in [5.74, 6) is -0.0672. The molecule has 0 aromatic heterocycles. The molecular formula is C27H31ClN4O3. The predicted molar refractivity (Wildman–Crippen MR) is 140 cm³/mol. The Labute approximate surface area is 211 Å². The Kier molecular flexibility index (Phi) is 8.08. The smallest absolute Gasteiger partial charge is 0.407 e. The number of benzene rings is 2. The zero-order valence-electron chi connectivity index (χ0n) is 20.6. The number of aliphatic imine (C=N–C) groups is 1. The van der Waals surface area contributed by atoms with Gasteiger partial charge >= 0.3 is 6.09 Å². The third-order valence-electron chi connectivity index (χ3n) is 5.75. The van der Waals surface area contributed by atoms with E-state index >= 15 is 0 Å². The van der Waals surface area contributed by atoms with E-state index in [1.165, 1.54) is 0 Å². The minimum absolute atomic E-state index is 0.00647. The summed E-state index contributed by atoms with van der Waals surface area (Å²) in [4.78, 5) is 18.5. The molecule has 1 aliphatic rings. The number of carbonyl (C=O) groups is 1. The predicted octanol–water partition coefficient (Wildman–Crippen LogP) is 6.18. The molecule has 2 aromatic rings. The van der Waals surface area contributed by atoms with E-state index in [0.717, 1.165) is 29.7 Å². The van der Waals surface area contributed by atoms with Crippen LogP contribution < -0.4 is 5.32 Å². The Hall–Kier alpha value is -3.50. The first-order chi connectivity index (χ1) is 16.5. The fraction of sp³-hybridized carbons (Fsp3) is 0.370. The lowest BCUT2D eigenvalue weighted by Crippen LogP contribution is -2.45. The van der Waals surface area contributed by atoms with Gasteiger partial charge in [0.1, 0.15) is 17.4 Å². The monoisotopic (exact) mass is 494 g/mol. The molecule has 1 aliphatic heterocycles. The summed E-state index contributed by atoms with van der Waals surface area (Å²) in [6.45, 7) is 12.4. The van der Waals surface area contributed by atoms with Crippen LogP contribution in [0.2, 0.25) is 0 Å². The van der Waals surface area contributed by atoms with Crippen LogP contribution in [0.3, 0.4) is 0 Å². The number of alkyl carbamates (subject to hydrolysis) is 1. The minimum atomic E-state index is -0.545. The number of carbonyl (C=O) groups excluding carboxylic acids is 1. The van der Waals surface area contributed by atoms with E-state index in [-0.39, 0.29) is 17.4 Å². The van der Waals surface area contributed by atoms with Crippen LogP contribution in [0.25, 0.3) is 16.8 Å². The van der Waals surface area contributed by atoms with E-state index in [2.05, 4.69) is 21.9 Å². The van der Waals surface area contributed by atoms with Crippen molar-refractivity contribution in [3.63, 3.8) is 0 Å². The number of phenolic OH excluding ortho intramolecular Hbond substituents is 1.